The van der Waals surface area contributed by atoms with Crippen LogP contribution in [-0.2, 0) is 17.9 Å². The van der Waals surface area contributed by atoms with Gasteiger partial charge in [0, 0.05) is 37.7 Å². The molecule has 2 aliphatic heterocycles. The van der Waals surface area contributed by atoms with Crippen LogP contribution >= 0.6 is 12.4 Å². The quantitative estimate of drug-likeness (QED) is 0.764. The molecule has 0 aliphatic carbocycles. The summed E-state index contributed by atoms with van der Waals surface area (Å²) in [6, 6.07) is 5.70. The van der Waals surface area contributed by atoms with Gasteiger partial charge in [0.25, 0.3) is 5.91 Å². The number of hydrogen-bond acceptors (Lipinski definition) is 5. The maximum Gasteiger partial charge on any atom is 0.251 e. The fourth-order valence-electron chi connectivity index (χ4n) is 4.28. The third-order valence-electron chi connectivity index (χ3n) is 5.75. The molecular formula is C21H29ClN6O2. The molecule has 1 aromatic heterocycles. The van der Waals surface area contributed by atoms with Crippen LogP contribution in [0.4, 0.5) is 0 Å². The summed E-state index contributed by atoms with van der Waals surface area (Å²) in [5.74, 6) is 2.15. The van der Waals surface area contributed by atoms with Crippen molar-refractivity contribution in [3.63, 3.8) is 0 Å². The minimum atomic E-state index is -0.205. The van der Waals surface area contributed by atoms with E-state index in [0.717, 1.165) is 55.3 Å². The van der Waals surface area contributed by atoms with Crippen LogP contribution in [0.25, 0.3) is 0 Å². The summed E-state index contributed by atoms with van der Waals surface area (Å²) < 4.78 is 2.22. The predicted molar refractivity (Wildman–Crippen MR) is 116 cm³/mol. The van der Waals surface area contributed by atoms with Crippen molar-refractivity contribution in [2.45, 2.75) is 45.7 Å². The SMILES string of the molecule is Cc1cc(C)cc(C(=O)NCC(=O)N2CCC(c3nnc4n3CCNC4)CC2)c1.Cl. The van der Waals surface area contributed by atoms with Crippen molar-refractivity contribution in [3.05, 3.63) is 46.5 Å². The van der Waals surface area contributed by atoms with Gasteiger partial charge in [0.1, 0.15) is 11.6 Å². The Bertz CT molecular complexity index is 900. The van der Waals surface area contributed by atoms with E-state index in [2.05, 4.69) is 25.4 Å². The molecule has 0 unspecified atom stereocenters. The number of fused-ring (bicyclic) bond motifs is 1. The van der Waals surface area contributed by atoms with Crippen LogP contribution in [0, 0.1) is 13.8 Å². The fourth-order valence-corrected chi connectivity index (χ4v) is 4.28. The summed E-state index contributed by atoms with van der Waals surface area (Å²) in [4.78, 5) is 26.8. The Morgan fingerprint density at radius 3 is 2.50 bits per heavy atom. The highest BCUT2D eigenvalue weighted by Crippen LogP contribution is 2.27. The summed E-state index contributed by atoms with van der Waals surface area (Å²) in [6.45, 7) is 7.93. The zero-order valence-corrected chi connectivity index (χ0v) is 18.3. The molecule has 9 heteroatoms. The van der Waals surface area contributed by atoms with Crippen LogP contribution in [0.1, 0.15) is 51.9 Å². The number of piperidine rings is 1. The summed E-state index contributed by atoms with van der Waals surface area (Å²) in [6.07, 6.45) is 1.75. The van der Waals surface area contributed by atoms with Crippen LogP contribution in [0.5, 0.6) is 0 Å². The van der Waals surface area contributed by atoms with E-state index in [0.29, 0.717) is 24.6 Å². The normalized spacial score (nSPS) is 16.5. The maximum atomic E-state index is 12.6. The molecule has 4 rings (SSSR count). The first-order chi connectivity index (χ1) is 14.0. The van der Waals surface area contributed by atoms with Gasteiger partial charge in [-0.3, -0.25) is 9.59 Å². The molecule has 0 atom stereocenters. The highest BCUT2D eigenvalue weighted by atomic mass is 35.5. The third kappa shape index (κ3) is 4.82. The molecule has 30 heavy (non-hydrogen) atoms. The van der Waals surface area contributed by atoms with E-state index in [-0.39, 0.29) is 30.8 Å². The number of halogens is 1. The molecule has 0 spiro atoms. The Morgan fingerprint density at radius 2 is 1.80 bits per heavy atom. The van der Waals surface area contributed by atoms with Crippen molar-refractivity contribution in [2.24, 2.45) is 0 Å². The molecule has 0 saturated carbocycles. The lowest BCUT2D eigenvalue weighted by Gasteiger charge is -2.32. The molecule has 1 fully saturated rings. The zero-order chi connectivity index (χ0) is 20.4. The number of benzene rings is 1. The second-order valence-electron chi connectivity index (χ2n) is 8.02. The van der Waals surface area contributed by atoms with E-state index < -0.39 is 0 Å². The van der Waals surface area contributed by atoms with Crippen LogP contribution < -0.4 is 10.6 Å². The van der Waals surface area contributed by atoms with Crippen LogP contribution in [0.15, 0.2) is 18.2 Å². The Kier molecular flexibility index (Phi) is 7.10. The smallest absolute Gasteiger partial charge is 0.251 e. The highest BCUT2D eigenvalue weighted by molar-refractivity contribution is 5.96. The second-order valence-corrected chi connectivity index (χ2v) is 8.02. The monoisotopic (exact) mass is 432 g/mol. The number of carbonyl (C=O) groups excluding carboxylic acids is 2. The summed E-state index contributed by atoms with van der Waals surface area (Å²) in [5.41, 5.74) is 2.67. The third-order valence-corrected chi connectivity index (χ3v) is 5.75. The Labute approximate surface area is 182 Å². The average molecular weight is 433 g/mol. The van der Waals surface area contributed by atoms with Crippen molar-refractivity contribution in [1.29, 1.82) is 0 Å². The number of aryl methyl sites for hydroxylation is 2. The van der Waals surface area contributed by atoms with E-state index in [1.807, 2.05) is 36.9 Å². The number of aromatic nitrogens is 3. The minimum absolute atomic E-state index is 0. The summed E-state index contributed by atoms with van der Waals surface area (Å²) >= 11 is 0. The van der Waals surface area contributed by atoms with Crippen molar-refractivity contribution < 1.29 is 9.59 Å². The number of nitrogens with zero attached hydrogens (tertiary/aromatic N) is 4. The lowest BCUT2D eigenvalue weighted by atomic mass is 9.95. The zero-order valence-electron chi connectivity index (χ0n) is 17.5. The van der Waals surface area contributed by atoms with Gasteiger partial charge in [-0.25, -0.2) is 0 Å². The Balaban J connectivity index is 0.00000256. The fraction of sp³-hybridized carbons (Fsp3) is 0.524. The van der Waals surface area contributed by atoms with E-state index in [1.54, 1.807) is 0 Å². The minimum Gasteiger partial charge on any atom is -0.343 e. The summed E-state index contributed by atoms with van der Waals surface area (Å²) in [5, 5.41) is 14.8. The first kappa shape index (κ1) is 22.2. The van der Waals surface area contributed by atoms with E-state index >= 15 is 0 Å². The standard InChI is InChI=1S/C21H28N6O2.ClH/c1-14-9-15(2)11-17(10-14)21(29)23-13-19(28)26-6-3-16(4-7-26)20-25-24-18-12-22-5-8-27(18)20;/h9-11,16,22H,3-8,12-13H2,1-2H3,(H,23,29);1H. The van der Waals surface area contributed by atoms with E-state index in [9.17, 15) is 9.59 Å². The lowest BCUT2D eigenvalue weighted by molar-refractivity contribution is -0.131. The topological polar surface area (TPSA) is 92.2 Å². The largest absolute Gasteiger partial charge is 0.343 e. The van der Waals surface area contributed by atoms with Crippen LogP contribution in [-0.4, -0.2) is 57.7 Å². The molecule has 162 valence electrons. The predicted octanol–water partition coefficient (Wildman–Crippen LogP) is 1.56. The van der Waals surface area contributed by atoms with Crippen LogP contribution in [0.3, 0.4) is 0 Å². The van der Waals surface area contributed by atoms with Crippen molar-refractivity contribution in [2.75, 3.05) is 26.2 Å². The molecule has 2 N–H and O–H groups in total. The molecule has 2 aromatic rings. The maximum absolute atomic E-state index is 12.6. The molecule has 8 nitrogen and oxygen atoms in total. The number of hydrogen-bond donors (Lipinski definition) is 2. The molecule has 0 bridgehead atoms. The van der Waals surface area contributed by atoms with Crippen molar-refractivity contribution in [1.82, 2.24) is 30.3 Å². The molecule has 1 aromatic carbocycles. The second kappa shape index (κ2) is 9.57. The van der Waals surface area contributed by atoms with E-state index in [4.69, 9.17) is 0 Å². The van der Waals surface area contributed by atoms with Gasteiger partial charge in [0.2, 0.25) is 5.91 Å². The first-order valence-electron chi connectivity index (χ1n) is 10.3. The Hall–Kier alpha value is -2.45. The summed E-state index contributed by atoms with van der Waals surface area (Å²) in [7, 11) is 0. The number of rotatable bonds is 4. The Morgan fingerprint density at radius 1 is 1.10 bits per heavy atom. The average Bonchev–Trinajstić information content (AvgIpc) is 3.15. The van der Waals surface area contributed by atoms with Crippen molar-refractivity contribution >= 4 is 24.2 Å². The van der Waals surface area contributed by atoms with Crippen LogP contribution in [0.2, 0.25) is 0 Å². The first-order valence-corrected chi connectivity index (χ1v) is 10.3. The number of carbonyl (C=O) groups is 2. The van der Waals surface area contributed by atoms with Gasteiger partial charge in [-0.2, -0.15) is 0 Å². The molecule has 2 aliphatic rings. The van der Waals surface area contributed by atoms with Gasteiger partial charge in [-0.05, 0) is 38.8 Å². The number of nitrogens with one attached hydrogen (secondary N) is 2. The lowest BCUT2D eigenvalue weighted by Crippen LogP contribution is -2.44. The van der Waals surface area contributed by atoms with E-state index in [1.165, 1.54) is 0 Å². The number of likely N-dealkylation sites (tertiary alicyclic amines) is 1. The molecule has 2 amide bonds. The van der Waals surface area contributed by atoms with Gasteiger partial charge < -0.3 is 20.1 Å². The molecule has 3 heterocycles. The molecule has 1 saturated heterocycles. The van der Waals surface area contributed by atoms with Gasteiger partial charge in [-0.1, -0.05) is 17.2 Å². The van der Waals surface area contributed by atoms with Gasteiger partial charge >= 0.3 is 0 Å². The van der Waals surface area contributed by atoms with Gasteiger partial charge in [0.05, 0.1) is 13.1 Å². The van der Waals surface area contributed by atoms with Crippen molar-refractivity contribution in [3.8, 4) is 0 Å². The number of amides is 2. The van der Waals surface area contributed by atoms with Gasteiger partial charge in [0.15, 0.2) is 0 Å². The highest BCUT2D eigenvalue weighted by Gasteiger charge is 2.28. The molecule has 0 radical (unpaired) electrons. The van der Waals surface area contributed by atoms with Gasteiger partial charge in [-0.15, -0.1) is 22.6 Å². The molecular weight excluding hydrogens is 404 g/mol.